The van der Waals surface area contributed by atoms with Crippen LogP contribution >= 0.6 is 0 Å². The summed E-state index contributed by atoms with van der Waals surface area (Å²) >= 11 is 0. The molecular formula is C11H10F2N2O. The number of halogens is 2. The zero-order valence-corrected chi connectivity index (χ0v) is 9.14. The molecule has 3 nitrogen and oxygen atoms in total. The molecule has 0 saturated carbocycles. The predicted molar refractivity (Wildman–Crippen MR) is 56.4 cm³/mol. The Morgan fingerprint density at radius 3 is 2.56 bits per heavy atom. The van der Waals surface area contributed by atoms with Crippen LogP contribution in [0.25, 0.3) is 10.9 Å². The van der Waals surface area contributed by atoms with Crippen LogP contribution in [0.15, 0.2) is 10.9 Å². The van der Waals surface area contributed by atoms with Crippen molar-refractivity contribution < 1.29 is 8.78 Å². The highest BCUT2D eigenvalue weighted by atomic mass is 19.2. The van der Waals surface area contributed by atoms with Crippen LogP contribution in [-0.2, 0) is 7.05 Å². The Bertz CT molecular complexity index is 647. The summed E-state index contributed by atoms with van der Waals surface area (Å²) in [5, 5.41) is 4.11. The van der Waals surface area contributed by atoms with Crippen LogP contribution in [0.2, 0.25) is 0 Å². The molecule has 1 aromatic carbocycles. The number of hydrogen-bond acceptors (Lipinski definition) is 2. The van der Waals surface area contributed by atoms with Gasteiger partial charge in [-0.15, -0.1) is 0 Å². The topological polar surface area (TPSA) is 34.9 Å². The Labute approximate surface area is 90.3 Å². The molecule has 1 heterocycles. The quantitative estimate of drug-likeness (QED) is 0.684. The van der Waals surface area contributed by atoms with Crippen molar-refractivity contribution in [3.8, 4) is 0 Å². The zero-order valence-electron chi connectivity index (χ0n) is 9.14. The molecule has 0 saturated heterocycles. The molecule has 0 aliphatic carbocycles. The van der Waals surface area contributed by atoms with Gasteiger partial charge in [0.15, 0.2) is 11.6 Å². The second-order valence-corrected chi connectivity index (χ2v) is 3.73. The number of nitrogens with zero attached hydrogens (tertiary/aromatic N) is 2. The van der Waals surface area contributed by atoms with Crippen LogP contribution in [0.1, 0.15) is 11.3 Å². The van der Waals surface area contributed by atoms with Crippen molar-refractivity contribution in [1.29, 1.82) is 0 Å². The lowest BCUT2D eigenvalue weighted by Gasteiger charge is -2.09. The number of fused-ring (bicyclic) bond motifs is 1. The van der Waals surface area contributed by atoms with Crippen molar-refractivity contribution in [2.45, 2.75) is 13.8 Å². The van der Waals surface area contributed by atoms with E-state index in [0.29, 0.717) is 5.52 Å². The largest absolute Gasteiger partial charge is 0.287 e. The van der Waals surface area contributed by atoms with E-state index < -0.39 is 11.6 Å². The lowest BCUT2D eigenvalue weighted by atomic mass is 10.1. The van der Waals surface area contributed by atoms with Gasteiger partial charge >= 0.3 is 0 Å². The van der Waals surface area contributed by atoms with Crippen molar-refractivity contribution >= 4 is 10.9 Å². The van der Waals surface area contributed by atoms with Gasteiger partial charge in [-0.1, -0.05) is 0 Å². The Morgan fingerprint density at radius 1 is 1.31 bits per heavy atom. The molecule has 84 valence electrons. The molecule has 2 rings (SSSR count). The summed E-state index contributed by atoms with van der Waals surface area (Å²) in [4.78, 5) is 11.7. The molecule has 16 heavy (non-hydrogen) atoms. The van der Waals surface area contributed by atoms with Crippen LogP contribution in [0.3, 0.4) is 0 Å². The van der Waals surface area contributed by atoms with Crippen molar-refractivity contribution in [2.75, 3.05) is 0 Å². The molecule has 0 amide bonds. The van der Waals surface area contributed by atoms with E-state index in [0.717, 1.165) is 6.07 Å². The number of benzene rings is 1. The second kappa shape index (κ2) is 3.37. The molecule has 0 aliphatic rings. The molecule has 0 unspecified atom stereocenters. The fraction of sp³-hybridized carbons (Fsp3) is 0.273. The van der Waals surface area contributed by atoms with E-state index >= 15 is 0 Å². The molecule has 0 aliphatic heterocycles. The standard InChI is InChI=1S/C11H10F2N2O/c1-5-9(13)8(12)4-7-10(5)15(3)14-6(2)11(7)16/h4H,1-3H3. The SMILES string of the molecule is Cc1nn(C)c2c(C)c(F)c(F)cc2c1=O. The summed E-state index contributed by atoms with van der Waals surface area (Å²) < 4.78 is 28.0. The third kappa shape index (κ3) is 1.31. The number of hydrogen-bond donors (Lipinski definition) is 0. The summed E-state index contributed by atoms with van der Waals surface area (Å²) in [6.07, 6.45) is 0. The van der Waals surface area contributed by atoms with E-state index in [1.54, 1.807) is 14.0 Å². The van der Waals surface area contributed by atoms with Gasteiger partial charge in [0.1, 0.15) is 5.69 Å². The fourth-order valence-corrected chi connectivity index (χ4v) is 1.85. The molecule has 1 aromatic heterocycles. The maximum Gasteiger partial charge on any atom is 0.210 e. The smallest absolute Gasteiger partial charge is 0.210 e. The van der Waals surface area contributed by atoms with Crippen LogP contribution in [-0.4, -0.2) is 9.78 Å². The molecule has 0 bridgehead atoms. The second-order valence-electron chi connectivity index (χ2n) is 3.73. The first-order valence-electron chi connectivity index (χ1n) is 4.75. The van der Waals surface area contributed by atoms with Gasteiger partial charge in [0.05, 0.1) is 10.9 Å². The molecule has 5 heteroatoms. The Hall–Kier alpha value is -1.78. The molecule has 0 N–H and O–H groups in total. The Balaban J connectivity index is 3.13. The molecule has 2 aromatic rings. The molecule has 0 spiro atoms. The summed E-state index contributed by atoms with van der Waals surface area (Å²) in [6, 6.07) is 0.925. The third-order valence-corrected chi connectivity index (χ3v) is 2.62. The van der Waals surface area contributed by atoms with E-state index in [2.05, 4.69) is 5.10 Å². The van der Waals surface area contributed by atoms with E-state index in [-0.39, 0.29) is 22.1 Å². The van der Waals surface area contributed by atoms with Crippen molar-refractivity contribution in [3.63, 3.8) is 0 Å². The number of rotatable bonds is 0. The average molecular weight is 224 g/mol. The number of aryl methyl sites for hydroxylation is 3. The summed E-state index contributed by atoms with van der Waals surface area (Å²) in [7, 11) is 1.60. The highest BCUT2D eigenvalue weighted by Crippen LogP contribution is 2.20. The minimum Gasteiger partial charge on any atom is -0.287 e. The highest BCUT2D eigenvalue weighted by molar-refractivity contribution is 5.82. The van der Waals surface area contributed by atoms with E-state index in [9.17, 15) is 13.6 Å². The normalized spacial score (nSPS) is 11.1. The fourth-order valence-electron chi connectivity index (χ4n) is 1.85. The van der Waals surface area contributed by atoms with Crippen molar-refractivity contribution in [1.82, 2.24) is 9.78 Å². The minimum absolute atomic E-state index is 0.0992. The van der Waals surface area contributed by atoms with Gasteiger partial charge in [0, 0.05) is 12.6 Å². The lowest BCUT2D eigenvalue weighted by molar-refractivity contribution is 0.504. The van der Waals surface area contributed by atoms with Crippen LogP contribution in [0, 0.1) is 25.5 Å². The third-order valence-electron chi connectivity index (χ3n) is 2.62. The van der Waals surface area contributed by atoms with E-state index in [1.165, 1.54) is 11.6 Å². The van der Waals surface area contributed by atoms with Gasteiger partial charge in [-0.05, 0) is 19.9 Å². The maximum absolute atomic E-state index is 13.4. The summed E-state index contributed by atoms with van der Waals surface area (Å²) in [5.41, 5.74) is 0.326. The van der Waals surface area contributed by atoms with Gasteiger partial charge in [0.25, 0.3) is 0 Å². The van der Waals surface area contributed by atoms with Gasteiger partial charge in [-0.2, -0.15) is 5.10 Å². The minimum atomic E-state index is -1.01. The Morgan fingerprint density at radius 2 is 1.94 bits per heavy atom. The summed E-state index contributed by atoms with van der Waals surface area (Å²) in [5.74, 6) is -1.94. The van der Waals surface area contributed by atoms with Crippen molar-refractivity contribution in [2.24, 2.45) is 7.05 Å². The molecule has 0 atom stereocenters. The lowest BCUT2D eigenvalue weighted by Crippen LogP contribution is -2.16. The number of aromatic nitrogens is 2. The average Bonchev–Trinajstić information content (AvgIpc) is 2.22. The predicted octanol–water partition coefficient (Wildman–Crippen LogP) is 1.83. The zero-order chi connectivity index (χ0) is 12.0. The van der Waals surface area contributed by atoms with Crippen LogP contribution < -0.4 is 5.43 Å². The van der Waals surface area contributed by atoms with Crippen LogP contribution in [0.5, 0.6) is 0 Å². The van der Waals surface area contributed by atoms with Crippen LogP contribution in [0.4, 0.5) is 8.78 Å². The van der Waals surface area contributed by atoms with Gasteiger partial charge in [-0.3, -0.25) is 9.48 Å². The van der Waals surface area contributed by atoms with Crippen molar-refractivity contribution in [3.05, 3.63) is 39.2 Å². The molecule has 0 fully saturated rings. The van der Waals surface area contributed by atoms with E-state index in [4.69, 9.17) is 0 Å². The van der Waals surface area contributed by atoms with Gasteiger partial charge in [-0.25, -0.2) is 8.78 Å². The first-order valence-corrected chi connectivity index (χ1v) is 4.75. The highest BCUT2D eigenvalue weighted by Gasteiger charge is 2.15. The van der Waals surface area contributed by atoms with Gasteiger partial charge < -0.3 is 0 Å². The maximum atomic E-state index is 13.4. The first-order chi connectivity index (χ1) is 7.43. The first kappa shape index (κ1) is 10.7. The molecule has 0 radical (unpaired) electrons. The summed E-state index contributed by atoms with van der Waals surface area (Å²) in [6.45, 7) is 2.97. The van der Waals surface area contributed by atoms with E-state index in [1.807, 2.05) is 0 Å². The van der Waals surface area contributed by atoms with Gasteiger partial charge in [0.2, 0.25) is 5.43 Å². The Kier molecular flexibility index (Phi) is 2.26. The monoisotopic (exact) mass is 224 g/mol. The molecular weight excluding hydrogens is 214 g/mol.